The second kappa shape index (κ2) is 3.44. The third-order valence-corrected chi connectivity index (χ3v) is 3.36. The number of halogens is 1. The first-order chi connectivity index (χ1) is 7.32. The molecule has 1 aromatic heterocycles. The Morgan fingerprint density at radius 2 is 2.13 bits per heavy atom. The van der Waals surface area contributed by atoms with Crippen molar-refractivity contribution in [3.8, 4) is 0 Å². The highest BCUT2D eigenvalue weighted by Crippen LogP contribution is 2.44. The van der Waals surface area contributed by atoms with E-state index in [1.165, 1.54) is 5.56 Å². The van der Waals surface area contributed by atoms with Crippen molar-refractivity contribution in [3.05, 3.63) is 28.5 Å². The molecule has 0 bridgehead atoms. The molecule has 0 saturated carbocycles. The fourth-order valence-corrected chi connectivity index (χ4v) is 2.78. The molecule has 15 heavy (non-hydrogen) atoms. The lowest BCUT2D eigenvalue weighted by atomic mass is 9.88. The van der Waals surface area contributed by atoms with Crippen LogP contribution in [0.2, 0.25) is 5.15 Å². The van der Waals surface area contributed by atoms with E-state index in [0.717, 1.165) is 24.8 Å². The number of nitrogens with zero attached hydrogens (tertiary/aromatic N) is 1. The van der Waals surface area contributed by atoms with Gasteiger partial charge in [-0.1, -0.05) is 11.6 Å². The van der Waals surface area contributed by atoms with Crippen LogP contribution in [-0.2, 0) is 21.7 Å². The van der Waals surface area contributed by atoms with Gasteiger partial charge in [0.05, 0.1) is 18.8 Å². The molecule has 0 amide bonds. The van der Waals surface area contributed by atoms with Crippen LogP contribution >= 0.6 is 11.6 Å². The van der Waals surface area contributed by atoms with Crippen LogP contribution in [0.5, 0.6) is 0 Å². The highest BCUT2D eigenvalue weighted by atomic mass is 35.5. The quantitative estimate of drug-likeness (QED) is 0.635. The minimum atomic E-state index is -0.598. The summed E-state index contributed by atoms with van der Waals surface area (Å²) in [5.74, 6) is -0.598. The summed E-state index contributed by atoms with van der Waals surface area (Å²) in [6, 6.07) is 2.01. The molecule has 3 rings (SSSR count). The van der Waals surface area contributed by atoms with E-state index >= 15 is 0 Å². The number of hydrogen-bond donors (Lipinski definition) is 0. The van der Waals surface area contributed by atoms with Gasteiger partial charge in [-0.15, -0.1) is 0 Å². The van der Waals surface area contributed by atoms with E-state index in [4.69, 9.17) is 21.1 Å². The van der Waals surface area contributed by atoms with Gasteiger partial charge in [-0.05, 0) is 24.5 Å². The minimum absolute atomic E-state index is 0.522. The van der Waals surface area contributed by atoms with E-state index in [-0.39, 0.29) is 0 Å². The Morgan fingerprint density at radius 3 is 2.93 bits per heavy atom. The molecule has 4 heteroatoms. The van der Waals surface area contributed by atoms with Crippen LogP contribution < -0.4 is 0 Å². The van der Waals surface area contributed by atoms with Crippen LogP contribution in [0, 0.1) is 0 Å². The molecule has 3 nitrogen and oxygen atoms in total. The second-order valence-corrected chi connectivity index (χ2v) is 4.30. The van der Waals surface area contributed by atoms with E-state index in [2.05, 4.69) is 4.98 Å². The molecule has 1 aliphatic carbocycles. The summed E-state index contributed by atoms with van der Waals surface area (Å²) in [4.78, 5) is 4.12. The Bertz CT molecular complexity index is 388. The molecule has 2 aliphatic rings. The van der Waals surface area contributed by atoms with Crippen LogP contribution in [0.4, 0.5) is 0 Å². The zero-order valence-corrected chi connectivity index (χ0v) is 9.09. The highest BCUT2D eigenvalue weighted by Gasteiger charge is 2.43. The minimum Gasteiger partial charge on any atom is -0.343 e. The first-order valence-electron chi connectivity index (χ1n) is 5.24. The largest absolute Gasteiger partial charge is 0.343 e. The summed E-state index contributed by atoms with van der Waals surface area (Å²) in [6.45, 7) is 1.29. The number of pyridine rings is 1. The predicted octanol–water partition coefficient (Wildman–Crippen LogP) is 2.27. The molecule has 0 aromatic carbocycles. The van der Waals surface area contributed by atoms with Gasteiger partial charge in [-0.25, -0.2) is 4.98 Å². The number of hydrogen-bond acceptors (Lipinski definition) is 3. The van der Waals surface area contributed by atoms with Gasteiger partial charge in [-0.2, -0.15) is 0 Å². The number of fused-ring (bicyclic) bond motifs is 2. The Kier molecular flexibility index (Phi) is 2.20. The van der Waals surface area contributed by atoms with Crippen molar-refractivity contribution >= 4 is 11.6 Å². The smallest absolute Gasteiger partial charge is 0.198 e. The first-order valence-corrected chi connectivity index (χ1v) is 5.61. The molecule has 1 fully saturated rings. The van der Waals surface area contributed by atoms with E-state index in [9.17, 15) is 0 Å². The highest BCUT2D eigenvalue weighted by molar-refractivity contribution is 6.30. The number of aromatic nitrogens is 1. The van der Waals surface area contributed by atoms with Crippen molar-refractivity contribution in [2.75, 3.05) is 13.2 Å². The monoisotopic (exact) mass is 225 g/mol. The fraction of sp³-hybridized carbons (Fsp3) is 0.545. The van der Waals surface area contributed by atoms with Crippen molar-refractivity contribution in [1.82, 2.24) is 4.98 Å². The Labute approximate surface area is 93.4 Å². The molecule has 1 aromatic rings. The van der Waals surface area contributed by atoms with Crippen LogP contribution in [0.1, 0.15) is 24.0 Å². The Balaban J connectivity index is 2.16. The molecule has 1 aliphatic heterocycles. The van der Waals surface area contributed by atoms with Crippen LogP contribution in [0.15, 0.2) is 12.3 Å². The topological polar surface area (TPSA) is 31.4 Å². The van der Waals surface area contributed by atoms with Crippen LogP contribution in [-0.4, -0.2) is 18.2 Å². The fourth-order valence-electron chi connectivity index (χ4n) is 2.46. The zero-order chi connectivity index (χ0) is 10.3. The summed E-state index contributed by atoms with van der Waals surface area (Å²) < 4.78 is 11.5. The molecule has 0 N–H and O–H groups in total. The summed E-state index contributed by atoms with van der Waals surface area (Å²) in [6.07, 6.45) is 4.74. The van der Waals surface area contributed by atoms with E-state index < -0.39 is 5.79 Å². The first kappa shape index (κ1) is 9.58. The zero-order valence-electron chi connectivity index (χ0n) is 8.33. The molecule has 80 valence electrons. The molecule has 1 spiro atoms. The average molecular weight is 226 g/mol. The molecule has 0 unspecified atom stereocenters. The third kappa shape index (κ3) is 1.38. The van der Waals surface area contributed by atoms with Crippen molar-refractivity contribution in [3.63, 3.8) is 0 Å². The molecule has 2 heterocycles. The van der Waals surface area contributed by atoms with Crippen LogP contribution in [0.25, 0.3) is 0 Å². The van der Waals surface area contributed by atoms with Gasteiger partial charge in [0.2, 0.25) is 0 Å². The lowest BCUT2D eigenvalue weighted by molar-refractivity contribution is -0.175. The van der Waals surface area contributed by atoms with E-state index in [1.807, 2.05) is 6.07 Å². The standard InChI is InChI=1S/C11H12ClNO2/c12-10-9-8(3-5-13-10)2-1-4-11(9)14-6-7-15-11/h3,5H,1-2,4,6-7H2. The maximum absolute atomic E-state index is 6.14. The molecule has 1 saturated heterocycles. The SMILES string of the molecule is Clc1nccc2c1C1(CCC2)OCCO1. The van der Waals surface area contributed by atoms with Gasteiger partial charge in [0.25, 0.3) is 0 Å². The normalized spacial score (nSPS) is 23.0. The maximum Gasteiger partial charge on any atom is 0.198 e. The van der Waals surface area contributed by atoms with E-state index in [0.29, 0.717) is 18.4 Å². The summed E-state index contributed by atoms with van der Waals surface area (Å²) in [7, 11) is 0. The van der Waals surface area contributed by atoms with Crippen molar-refractivity contribution in [2.45, 2.75) is 25.0 Å². The summed E-state index contributed by atoms with van der Waals surface area (Å²) >= 11 is 6.14. The molecular weight excluding hydrogens is 214 g/mol. The van der Waals surface area contributed by atoms with Gasteiger partial charge in [-0.3, -0.25) is 0 Å². The number of aryl methyl sites for hydroxylation is 1. The summed E-state index contributed by atoms with van der Waals surface area (Å²) in [5.41, 5.74) is 2.17. The van der Waals surface area contributed by atoms with Gasteiger partial charge >= 0.3 is 0 Å². The van der Waals surface area contributed by atoms with Gasteiger partial charge in [0.15, 0.2) is 5.79 Å². The molecule has 0 radical (unpaired) electrons. The lowest BCUT2D eigenvalue weighted by Crippen LogP contribution is -2.32. The van der Waals surface area contributed by atoms with Gasteiger partial charge in [0, 0.05) is 12.6 Å². The third-order valence-electron chi connectivity index (χ3n) is 3.08. The van der Waals surface area contributed by atoms with Gasteiger partial charge < -0.3 is 9.47 Å². The maximum atomic E-state index is 6.14. The Hall–Kier alpha value is -0.640. The molecular formula is C11H12ClNO2. The van der Waals surface area contributed by atoms with Crippen molar-refractivity contribution in [2.24, 2.45) is 0 Å². The second-order valence-electron chi connectivity index (χ2n) is 3.94. The predicted molar refractivity (Wildman–Crippen MR) is 55.8 cm³/mol. The lowest BCUT2D eigenvalue weighted by Gasteiger charge is -2.33. The summed E-state index contributed by atoms with van der Waals surface area (Å²) in [5, 5.41) is 0.522. The van der Waals surface area contributed by atoms with Gasteiger partial charge in [0.1, 0.15) is 5.15 Å². The van der Waals surface area contributed by atoms with E-state index in [1.54, 1.807) is 6.20 Å². The van der Waals surface area contributed by atoms with Crippen molar-refractivity contribution in [1.29, 1.82) is 0 Å². The van der Waals surface area contributed by atoms with Crippen molar-refractivity contribution < 1.29 is 9.47 Å². The van der Waals surface area contributed by atoms with Crippen LogP contribution in [0.3, 0.4) is 0 Å². The Morgan fingerprint density at radius 1 is 1.33 bits per heavy atom. The number of rotatable bonds is 0. The average Bonchev–Trinajstić information content (AvgIpc) is 2.67. The number of ether oxygens (including phenoxy) is 2. The molecule has 0 atom stereocenters.